The lowest BCUT2D eigenvalue weighted by Crippen LogP contribution is -2.49. The van der Waals surface area contributed by atoms with Crippen LogP contribution < -0.4 is 15.4 Å². The highest BCUT2D eigenvalue weighted by Crippen LogP contribution is 2.30. The number of para-hydroxylation sites is 1. The van der Waals surface area contributed by atoms with Crippen LogP contribution >= 0.6 is 0 Å². The Kier molecular flexibility index (Phi) is 7.78. The zero-order chi connectivity index (χ0) is 18.9. The van der Waals surface area contributed by atoms with Gasteiger partial charge in [-0.25, -0.2) is 0 Å². The van der Waals surface area contributed by atoms with E-state index in [-0.39, 0.29) is 0 Å². The Morgan fingerprint density at radius 2 is 1.85 bits per heavy atom. The fraction of sp³-hybridized carbons (Fsp3) is 0.667. The van der Waals surface area contributed by atoms with Gasteiger partial charge in [-0.2, -0.15) is 0 Å². The highest BCUT2D eigenvalue weighted by molar-refractivity contribution is 5.79. The van der Waals surface area contributed by atoms with Gasteiger partial charge in [-0.1, -0.05) is 25.1 Å². The molecule has 0 atom stereocenters. The summed E-state index contributed by atoms with van der Waals surface area (Å²) in [5.41, 5.74) is 1.18. The SMILES string of the molecule is CCN1CCN(CCNC(=NC)NCc2ccccc2OCC2CC2)CC1. The van der Waals surface area contributed by atoms with Crippen LogP contribution in [0.5, 0.6) is 5.75 Å². The van der Waals surface area contributed by atoms with Crippen molar-refractivity contribution in [2.45, 2.75) is 26.3 Å². The third-order valence-corrected chi connectivity index (χ3v) is 5.45. The molecular formula is C21H35N5O. The van der Waals surface area contributed by atoms with E-state index >= 15 is 0 Å². The first-order valence-corrected chi connectivity index (χ1v) is 10.4. The van der Waals surface area contributed by atoms with Gasteiger partial charge in [-0.15, -0.1) is 0 Å². The first-order valence-electron chi connectivity index (χ1n) is 10.4. The van der Waals surface area contributed by atoms with E-state index in [9.17, 15) is 0 Å². The summed E-state index contributed by atoms with van der Waals surface area (Å²) in [5.74, 6) is 2.60. The number of guanidine groups is 1. The Morgan fingerprint density at radius 1 is 1.11 bits per heavy atom. The summed E-state index contributed by atoms with van der Waals surface area (Å²) in [5, 5.41) is 6.85. The lowest BCUT2D eigenvalue weighted by atomic mass is 10.2. The van der Waals surface area contributed by atoms with Crippen LogP contribution in [0.3, 0.4) is 0 Å². The molecule has 0 radical (unpaired) electrons. The summed E-state index contributed by atoms with van der Waals surface area (Å²) in [4.78, 5) is 9.38. The highest BCUT2D eigenvalue weighted by Gasteiger charge is 2.22. The fourth-order valence-electron chi connectivity index (χ4n) is 3.34. The van der Waals surface area contributed by atoms with E-state index in [1.165, 1.54) is 31.5 Å². The van der Waals surface area contributed by atoms with E-state index < -0.39 is 0 Å². The van der Waals surface area contributed by atoms with Gasteiger partial charge in [0.25, 0.3) is 0 Å². The van der Waals surface area contributed by atoms with Crippen LogP contribution in [0.1, 0.15) is 25.3 Å². The molecule has 27 heavy (non-hydrogen) atoms. The number of hydrogen-bond donors (Lipinski definition) is 2. The molecule has 1 aromatic carbocycles. The maximum atomic E-state index is 5.99. The molecule has 6 heteroatoms. The number of benzene rings is 1. The second-order valence-electron chi connectivity index (χ2n) is 7.49. The molecule has 0 bridgehead atoms. The van der Waals surface area contributed by atoms with Crippen LogP contribution in [0, 0.1) is 5.92 Å². The van der Waals surface area contributed by atoms with Crippen molar-refractivity contribution in [3.05, 3.63) is 29.8 Å². The minimum Gasteiger partial charge on any atom is -0.493 e. The molecule has 1 aliphatic carbocycles. The van der Waals surface area contributed by atoms with Crippen LogP contribution in [-0.4, -0.2) is 75.2 Å². The molecule has 150 valence electrons. The van der Waals surface area contributed by atoms with Gasteiger partial charge in [0, 0.05) is 58.4 Å². The molecule has 1 aliphatic heterocycles. The Hall–Kier alpha value is -1.79. The number of likely N-dealkylation sites (N-methyl/N-ethyl adjacent to an activating group) is 1. The van der Waals surface area contributed by atoms with Crippen molar-refractivity contribution >= 4 is 5.96 Å². The number of rotatable bonds is 9. The summed E-state index contributed by atoms with van der Waals surface area (Å²) in [7, 11) is 1.82. The quantitative estimate of drug-likeness (QED) is 0.510. The summed E-state index contributed by atoms with van der Waals surface area (Å²) in [6.07, 6.45) is 2.62. The molecule has 6 nitrogen and oxygen atoms in total. The van der Waals surface area contributed by atoms with Crippen molar-refractivity contribution < 1.29 is 4.74 Å². The fourth-order valence-corrected chi connectivity index (χ4v) is 3.34. The lowest BCUT2D eigenvalue weighted by Gasteiger charge is -2.34. The molecular weight excluding hydrogens is 338 g/mol. The van der Waals surface area contributed by atoms with Crippen molar-refractivity contribution in [3.63, 3.8) is 0 Å². The Labute approximate surface area is 164 Å². The summed E-state index contributed by atoms with van der Waals surface area (Å²) in [6.45, 7) is 11.6. The minimum absolute atomic E-state index is 0.718. The van der Waals surface area contributed by atoms with Gasteiger partial charge in [-0.3, -0.25) is 9.89 Å². The highest BCUT2D eigenvalue weighted by atomic mass is 16.5. The predicted octanol–water partition coefficient (Wildman–Crippen LogP) is 1.78. The van der Waals surface area contributed by atoms with Gasteiger partial charge in [0.15, 0.2) is 5.96 Å². The van der Waals surface area contributed by atoms with Crippen molar-refractivity contribution in [2.75, 3.05) is 59.5 Å². The Bertz CT molecular complexity index is 594. The van der Waals surface area contributed by atoms with Gasteiger partial charge in [0.2, 0.25) is 0 Å². The number of aliphatic imine (C=N–C) groups is 1. The third kappa shape index (κ3) is 6.70. The van der Waals surface area contributed by atoms with E-state index in [0.717, 1.165) is 63.5 Å². The molecule has 0 aromatic heterocycles. The molecule has 1 saturated heterocycles. The van der Waals surface area contributed by atoms with E-state index in [0.29, 0.717) is 0 Å². The van der Waals surface area contributed by atoms with Crippen LogP contribution in [0.25, 0.3) is 0 Å². The predicted molar refractivity (Wildman–Crippen MR) is 111 cm³/mol. The van der Waals surface area contributed by atoms with Gasteiger partial charge in [-0.05, 0) is 31.4 Å². The van der Waals surface area contributed by atoms with E-state index in [4.69, 9.17) is 4.74 Å². The first kappa shape index (κ1) is 20.0. The first-order chi connectivity index (χ1) is 13.3. The lowest BCUT2D eigenvalue weighted by molar-refractivity contribution is 0.139. The largest absolute Gasteiger partial charge is 0.493 e. The number of ether oxygens (including phenoxy) is 1. The normalized spacial score (nSPS) is 19.1. The molecule has 1 heterocycles. The molecule has 1 aromatic rings. The Morgan fingerprint density at radius 3 is 2.56 bits per heavy atom. The summed E-state index contributed by atoms with van der Waals surface area (Å²) >= 11 is 0. The average molecular weight is 374 g/mol. The number of piperazine rings is 1. The molecule has 1 saturated carbocycles. The van der Waals surface area contributed by atoms with E-state index in [1.807, 2.05) is 13.1 Å². The Balaban J connectivity index is 1.38. The standard InChI is InChI=1S/C21H35N5O/c1-3-25-12-14-26(15-13-25)11-10-23-21(22-2)24-16-19-6-4-5-7-20(19)27-17-18-8-9-18/h4-7,18H,3,8-17H2,1-2H3,(H2,22,23,24). The minimum atomic E-state index is 0.718. The molecule has 2 aliphatic rings. The van der Waals surface area contributed by atoms with Crippen LogP contribution in [0.2, 0.25) is 0 Å². The van der Waals surface area contributed by atoms with Crippen molar-refractivity contribution in [1.82, 2.24) is 20.4 Å². The van der Waals surface area contributed by atoms with Gasteiger partial charge in [0.1, 0.15) is 5.75 Å². The van der Waals surface area contributed by atoms with Crippen molar-refractivity contribution in [2.24, 2.45) is 10.9 Å². The molecule has 0 unspecified atom stereocenters. The number of nitrogens with zero attached hydrogens (tertiary/aromatic N) is 3. The van der Waals surface area contributed by atoms with Gasteiger partial charge < -0.3 is 20.3 Å². The van der Waals surface area contributed by atoms with Crippen molar-refractivity contribution in [3.8, 4) is 5.75 Å². The van der Waals surface area contributed by atoms with E-state index in [1.54, 1.807) is 0 Å². The van der Waals surface area contributed by atoms with Gasteiger partial charge >= 0.3 is 0 Å². The molecule has 0 spiro atoms. The smallest absolute Gasteiger partial charge is 0.191 e. The van der Waals surface area contributed by atoms with Crippen LogP contribution in [-0.2, 0) is 6.54 Å². The van der Waals surface area contributed by atoms with Crippen LogP contribution in [0.4, 0.5) is 0 Å². The molecule has 3 rings (SSSR count). The third-order valence-electron chi connectivity index (χ3n) is 5.45. The number of nitrogens with one attached hydrogen (secondary N) is 2. The molecule has 2 N–H and O–H groups in total. The number of hydrogen-bond acceptors (Lipinski definition) is 4. The van der Waals surface area contributed by atoms with Crippen molar-refractivity contribution in [1.29, 1.82) is 0 Å². The monoisotopic (exact) mass is 373 g/mol. The van der Waals surface area contributed by atoms with Gasteiger partial charge in [0.05, 0.1) is 6.61 Å². The maximum Gasteiger partial charge on any atom is 0.191 e. The maximum absolute atomic E-state index is 5.99. The zero-order valence-electron chi connectivity index (χ0n) is 16.9. The average Bonchev–Trinajstić information content (AvgIpc) is 3.54. The van der Waals surface area contributed by atoms with Crippen LogP contribution in [0.15, 0.2) is 29.3 Å². The van der Waals surface area contributed by atoms with E-state index in [2.05, 4.69) is 50.5 Å². The second kappa shape index (κ2) is 10.5. The molecule has 2 fully saturated rings. The molecule has 0 amide bonds. The zero-order valence-corrected chi connectivity index (χ0v) is 16.9. The topological polar surface area (TPSA) is 52.1 Å². The summed E-state index contributed by atoms with van der Waals surface area (Å²) in [6, 6.07) is 8.28. The second-order valence-corrected chi connectivity index (χ2v) is 7.49. The summed E-state index contributed by atoms with van der Waals surface area (Å²) < 4.78 is 5.99.